The Hall–Kier alpha value is -2.58. The third-order valence-electron chi connectivity index (χ3n) is 5.22. The maximum atomic E-state index is 11.5. The van der Waals surface area contributed by atoms with Gasteiger partial charge in [-0.25, -0.2) is 0 Å². The number of hydrogen-bond donors (Lipinski definition) is 1. The number of carboxylic acid groups (broad SMARTS) is 1. The minimum atomic E-state index is -0.766. The number of fused-ring (bicyclic) bond motifs is 1. The molecule has 0 unspecified atom stereocenters. The first-order valence-electron chi connectivity index (χ1n) is 10.3. The van der Waals surface area contributed by atoms with Crippen molar-refractivity contribution in [3.8, 4) is 0 Å². The number of rotatable bonds is 8. The number of anilines is 1. The van der Waals surface area contributed by atoms with Gasteiger partial charge in [0.05, 0.1) is 0 Å². The van der Waals surface area contributed by atoms with Crippen LogP contribution in [0, 0.1) is 12.8 Å². The Labute approximate surface area is 186 Å². The number of aryl methyl sites for hydroxylation is 1. The molecule has 0 aliphatic carbocycles. The maximum absolute atomic E-state index is 11.5. The Bertz CT molecular complexity index is 1060. The molecule has 11 heteroatoms. The van der Waals surface area contributed by atoms with E-state index in [-0.39, 0.29) is 0 Å². The van der Waals surface area contributed by atoms with E-state index < -0.39 is 27.6 Å². The van der Waals surface area contributed by atoms with E-state index in [1.807, 2.05) is 29.5 Å². The van der Waals surface area contributed by atoms with Gasteiger partial charge < -0.3 is 0 Å². The van der Waals surface area contributed by atoms with Gasteiger partial charge in [0, 0.05) is 0 Å². The summed E-state index contributed by atoms with van der Waals surface area (Å²) in [7, 11) is 0. The Morgan fingerprint density at radius 2 is 2.26 bits per heavy atom. The molecule has 10 nitrogen and oxygen atoms in total. The van der Waals surface area contributed by atoms with Gasteiger partial charge in [0.15, 0.2) is 0 Å². The summed E-state index contributed by atoms with van der Waals surface area (Å²) in [5, 5.41) is 14.2. The first-order valence-corrected chi connectivity index (χ1v) is 12.2. The van der Waals surface area contributed by atoms with E-state index >= 15 is 0 Å². The predicted molar refractivity (Wildman–Crippen MR) is 116 cm³/mol. The van der Waals surface area contributed by atoms with Crippen LogP contribution in [0.5, 0.6) is 0 Å². The Morgan fingerprint density at radius 1 is 1.39 bits per heavy atom. The zero-order valence-electron chi connectivity index (χ0n) is 17.6. The number of carbonyl (C=O) groups is 1. The van der Waals surface area contributed by atoms with E-state index in [4.69, 9.17) is 19.8 Å². The number of ether oxygens (including phenoxy) is 1. The number of hydrogen-bond acceptors (Lipinski definition) is 8. The predicted octanol–water partition coefficient (Wildman–Crippen LogP) is -0.0828. The zero-order valence-corrected chi connectivity index (χ0v) is 19.5. The van der Waals surface area contributed by atoms with E-state index in [1.165, 1.54) is 0 Å². The third-order valence-corrected chi connectivity index (χ3v) is 7.35. The first kappa shape index (κ1) is 21.6. The number of aromatic nitrogens is 6. The molecule has 4 rings (SSSR count). The molecule has 31 heavy (non-hydrogen) atoms. The van der Waals surface area contributed by atoms with Crippen LogP contribution in [-0.4, -0.2) is 82.8 Å². The molecule has 3 aromatic heterocycles. The fourth-order valence-corrected chi connectivity index (χ4v) is 5.66. The van der Waals surface area contributed by atoms with Crippen LogP contribution in [0.25, 0.3) is 11.0 Å². The van der Waals surface area contributed by atoms with E-state index in [0.29, 0.717) is 38.7 Å². The van der Waals surface area contributed by atoms with Crippen molar-refractivity contribution in [1.82, 2.24) is 29.7 Å². The monoisotopic (exact) mass is 486 g/mol. The first-order chi connectivity index (χ1) is 15.1. The molecule has 1 atom stereocenters. The SMILES string of the molecule is CCOCCn1nc(C)c2nc(N3CCC[C@H](C(=O)O)C3)nc([As]c3ccncn3)c21. The van der Waals surface area contributed by atoms with Gasteiger partial charge in [-0.3, -0.25) is 0 Å². The quantitative estimate of drug-likeness (QED) is 0.344. The number of aliphatic carboxylic acids is 1. The summed E-state index contributed by atoms with van der Waals surface area (Å²) in [6.45, 7) is 6.90. The summed E-state index contributed by atoms with van der Waals surface area (Å²) in [5.74, 6) is -0.592. The van der Waals surface area contributed by atoms with Crippen molar-refractivity contribution in [2.75, 3.05) is 31.2 Å². The number of carboxylic acids is 1. The van der Waals surface area contributed by atoms with Gasteiger partial charge in [0.1, 0.15) is 0 Å². The van der Waals surface area contributed by atoms with Crippen LogP contribution in [0.2, 0.25) is 0 Å². The van der Waals surface area contributed by atoms with Gasteiger partial charge >= 0.3 is 187 Å². The van der Waals surface area contributed by atoms with E-state index in [0.717, 1.165) is 38.7 Å². The second-order valence-corrected chi connectivity index (χ2v) is 9.67. The van der Waals surface area contributed by atoms with Gasteiger partial charge in [-0.05, 0) is 0 Å². The van der Waals surface area contributed by atoms with Gasteiger partial charge in [0.2, 0.25) is 0 Å². The molecule has 1 radical (unpaired) electrons. The standard InChI is InChI=1S/C20H25AsN7O3/c1-3-31-10-9-28-17-16(13(2)26-28)24-20(27-8-4-5-14(11-27)19(29)30)25-18(17)21-15-6-7-22-12-23-15/h6-7,12,14H,3-5,8-11H2,1-2H3,(H,29,30)/t14-/m0/s1. The van der Waals surface area contributed by atoms with E-state index in [1.54, 1.807) is 12.5 Å². The van der Waals surface area contributed by atoms with Crippen molar-refractivity contribution in [3.63, 3.8) is 0 Å². The van der Waals surface area contributed by atoms with Gasteiger partial charge in [-0.1, -0.05) is 0 Å². The van der Waals surface area contributed by atoms with Crippen LogP contribution in [0.3, 0.4) is 0 Å². The molecular weight excluding hydrogens is 461 g/mol. The van der Waals surface area contributed by atoms with Crippen LogP contribution < -0.4 is 13.9 Å². The molecule has 4 heterocycles. The molecule has 0 bridgehead atoms. The normalized spacial score (nSPS) is 17.1. The average molecular weight is 486 g/mol. The van der Waals surface area contributed by atoms with Crippen LogP contribution in [0.1, 0.15) is 25.5 Å². The van der Waals surface area contributed by atoms with Crippen molar-refractivity contribution in [2.24, 2.45) is 5.92 Å². The summed E-state index contributed by atoms with van der Waals surface area (Å²) in [5.41, 5.74) is 2.54. The molecule has 0 amide bonds. The third kappa shape index (κ3) is 4.85. The average Bonchev–Trinajstić information content (AvgIpc) is 3.10. The van der Waals surface area contributed by atoms with Crippen LogP contribution in [0.4, 0.5) is 5.95 Å². The minimum absolute atomic E-state index is 0.401. The Balaban J connectivity index is 1.76. The summed E-state index contributed by atoms with van der Waals surface area (Å²) in [6.07, 6.45) is 4.77. The molecule has 3 aromatic rings. The van der Waals surface area contributed by atoms with E-state index in [9.17, 15) is 9.90 Å². The van der Waals surface area contributed by atoms with Crippen molar-refractivity contribution >= 4 is 47.7 Å². The summed E-state index contributed by atoms with van der Waals surface area (Å²) in [6, 6.07) is 1.91. The molecule has 1 aliphatic heterocycles. The summed E-state index contributed by atoms with van der Waals surface area (Å²) in [4.78, 5) is 31.7. The molecular formula is C20H25AsN7O3. The van der Waals surface area contributed by atoms with Crippen molar-refractivity contribution in [3.05, 3.63) is 24.3 Å². The molecule has 0 saturated carbocycles. The Morgan fingerprint density at radius 3 is 3.00 bits per heavy atom. The summed E-state index contributed by atoms with van der Waals surface area (Å²) < 4.78 is 9.30. The van der Waals surface area contributed by atoms with Gasteiger partial charge in [0.25, 0.3) is 0 Å². The number of piperidine rings is 1. The molecule has 163 valence electrons. The van der Waals surface area contributed by atoms with Crippen LogP contribution in [-0.2, 0) is 16.1 Å². The van der Waals surface area contributed by atoms with E-state index in [2.05, 4.69) is 9.97 Å². The van der Waals surface area contributed by atoms with Gasteiger partial charge in [-0.15, -0.1) is 0 Å². The van der Waals surface area contributed by atoms with Crippen molar-refractivity contribution in [2.45, 2.75) is 33.2 Å². The molecule has 1 aliphatic rings. The van der Waals surface area contributed by atoms with Crippen molar-refractivity contribution < 1.29 is 14.6 Å². The fourth-order valence-electron chi connectivity index (χ4n) is 3.70. The Kier molecular flexibility index (Phi) is 6.77. The molecule has 1 saturated heterocycles. The van der Waals surface area contributed by atoms with Crippen LogP contribution in [0.15, 0.2) is 18.6 Å². The zero-order chi connectivity index (χ0) is 21.8. The number of nitrogens with zero attached hydrogens (tertiary/aromatic N) is 7. The fraction of sp³-hybridized carbons (Fsp3) is 0.500. The topological polar surface area (TPSA) is 119 Å². The van der Waals surface area contributed by atoms with Crippen LogP contribution >= 0.6 is 0 Å². The molecule has 0 aromatic carbocycles. The van der Waals surface area contributed by atoms with Gasteiger partial charge in [-0.2, -0.15) is 0 Å². The molecule has 1 N–H and O–H groups in total. The second kappa shape index (κ2) is 9.70. The second-order valence-electron chi connectivity index (χ2n) is 7.35. The molecule has 1 fully saturated rings. The molecule has 0 spiro atoms. The van der Waals surface area contributed by atoms with Crippen molar-refractivity contribution in [1.29, 1.82) is 0 Å². The summed E-state index contributed by atoms with van der Waals surface area (Å²) >= 11 is -0.528.